The Morgan fingerprint density at radius 1 is 1.88 bits per heavy atom. The zero-order valence-corrected chi connectivity index (χ0v) is 5.15. The summed E-state index contributed by atoms with van der Waals surface area (Å²) in [6.07, 6.45) is 1.63. The Bertz CT molecular complexity index is 140. The third-order valence-electron chi connectivity index (χ3n) is 1.58. The average Bonchev–Trinajstić information content (AvgIpc) is 1.83. The number of halogens is 1. The lowest BCUT2D eigenvalue weighted by Gasteiger charge is -2.36. The van der Waals surface area contributed by atoms with Gasteiger partial charge in [-0.2, -0.15) is 5.26 Å². The van der Waals surface area contributed by atoms with E-state index >= 15 is 0 Å². The summed E-state index contributed by atoms with van der Waals surface area (Å²) >= 11 is 5.61. The molecule has 2 unspecified atom stereocenters. The molecule has 1 rings (SSSR count). The first-order chi connectivity index (χ1) is 3.69. The van der Waals surface area contributed by atoms with Gasteiger partial charge in [0.2, 0.25) is 0 Å². The van der Waals surface area contributed by atoms with Crippen LogP contribution in [0.1, 0.15) is 12.8 Å². The molecule has 0 aromatic carbocycles. The van der Waals surface area contributed by atoms with Crippen LogP contribution < -0.4 is 5.73 Å². The minimum atomic E-state index is -0.707. The van der Waals surface area contributed by atoms with Crippen LogP contribution in [0.15, 0.2) is 0 Å². The molecular formula is C5H7ClN2. The molecule has 0 bridgehead atoms. The van der Waals surface area contributed by atoms with Crippen LogP contribution in [0.2, 0.25) is 0 Å². The molecular weight excluding hydrogens is 124 g/mol. The summed E-state index contributed by atoms with van der Waals surface area (Å²) in [5.74, 6) is 0. The van der Waals surface area contributed by atoms with E-state index in [1.165, 1.54) is 0 Å². The molecule has 1 aliphatic rings. The van der Waals surface area contributed by atoms with Crippen LogP contribution in [-0.4, -0.2) is 10.9 Å². The Morgan fingerprint density at radius 3 is 2.50 bits per heavy atom. The van der Waals surface area contributed by atoms with Crippen LogP contribution in [0.4, 0.5) is 0 Å². The number of nitriles is 1. The molecule has 44 valence electrons. The largest absolute Gasteiger partial charge is 0.312 e. The third-order valence-corrected chi connectivity index (χ3v) is 2.19. The highest BCUT2D eigenvalue weighted by molar-refractivity contribution is 6.22. The number of rotatable bonds is 0. The first-order valence-corrected chi connectivity index (χ1v) is 2.97. The van der Waals surface area contributed by atoms with Crippen LogP contribution in [-0.2, 0) is 0 Å². The second-order valence-electron chi connectivity index (χ2n) is 2.16. The van der Waals surface area contributed by atoms with Crippen molar-refractivity contribution >= 4 is 11.6 Å². The summed E-state index contributed by atoms with van der Waals surface area (Å²) in [7, 11) is 0. The van der Waals surface area contributed by atoms with Gasteiger partial charge in [-0.05, 0) is 12.8 Å². The van der Waals surface area contributed by atoms with Crippen LogP contribution >= 0.6 is 11.6 Å². The Hall–Kier alpha value is -0.260. The molecule has 1 fully saturated rings. The Morgan fingerprint density at radius 2 is 2.50 bits per heavy atom. The molecule has 0 spiro atoms. The maximum absolute atomic E-state index is 8.36. The Labute approximate surface area is 53.2 Å². The van der Waals surface area contributed by atoms with E-state index in [0.717, 1.165) is 12.8 Å². The molecule has 0 aromatic rings. The first-order valence-electron chi connectivity index (χ1n) is 2.53. The van der Waals surface area contributed by atoms with E-state index in [0.29, 0.717) is 0 Å². The van der Waals surface area contributed by atoms with Gasteiger partial charge in [0.05, 0.1) is 11.4 Å². The van der Waals surface area contributed by atoms with Crippen molar-refractivity contribution in [3.63, 3.8) is 0 Å². The maximum Gasteiger partial charge on any atom is 0.120 e. The van der Waals surface area contributed by atoms with Gasteiger partial charge in [-0.3, -0.25) is 0 Å². The minimum absolute atomic E-state index is 0.118. The van der Waals surface area contributed by atoms with Crippen molar-refractivity contribution < 1.29 is 0 Å². The number of hydrogen-bond acceptors (Lipinski definition) is 2. The second kappa shape index (κ2) is 1.61. The number of nitrogens with two attached hydrogens (primary N) is 1. The molecule has 2 atom stereocenters. The molecule has 1 aliphatic carbocycles. The molecule has 0 amide bonds. The van der Waals surface area contributed by atoms with Gasteiger partial charge in [0.15, 0.2) is 0 Å². The minimum Gasteiger partial charge on any atom is -0.312 e. The van der Waals surface area contributed by atoms with Crippen LogP contribution in [0.5, 0.6) is 0 Å². The van der Waals surface area contributed by atoms with Crippen molar-refractivity contribution in [1.29, 1.82) is 5.26 Å². The van der Waals surface area contributed by atoms with Gasteiger partial charge >= 0.3 is 0 Å². The smallest absolute Gasteiger partial charge is 0.120 e. The Kier molecular flexibility index (Phi) is 1.18. The lowest BCUT2D eigenvalue weighted by Crippen LogP contribution is -2.54. The van der Waals surface area contributed by atoms with Crippen molar-refractivity contribution in [3.05, 3.63) is 0 Å². The fraction of sp³-hybridized carbons (Fsp3) is 0.800. The zero-order valence-electron chi connectivity index (χ0n) is 4.39. The average molecular weight is 131 g/mol. The third kappa shape index (κ3) is 0.594. The van der Waals surface area contributed by atoms with E-state index in [2.05, 4.69) is 0 Å². The molecule has 0 aromatic heterocycles. The molecule has 2 nitrogen and oxygen atoms in total. The predicted octanol–water partition coefficient (Wildman–Crippen LogP) is 0.609. The zero-order chi connectivity index (χ0) is 6.20. The van der Waals surface area contributed by atoms with E-state index in [1.54, 1.807) is 0 Å². The Balaban J connectivity index is 2.59. The second-order valence-corrected chi connectivity index (χ2v) is 2.69. The van der Waals surface area contributed by atoms with Gasteiger partial charge in [-0.25, -0.2) is 0 Å². The molecule has 3 heteroatoms. The van der Waals surface area contributed by atoms with Crippen molar-refractivity contribution in [2.45, 2.75) is 23.8 Å². The number of alkyl halides is 1. The van der Waals surface area contributed by atoms with Gasteiger partial charge < -0.3 is 5.73 Å². The normalized spacial score (nSPS) is 44.9. The summed E-state index contributed by atoms with van der Waals surface area (Å²) in [6, 6.07) is 1.97. The molecule has 1 saturated carbocycles. The van der Waals surface area contributed by atoms with Crippen LogP contribution in [0.25, 0.3) is 0 Å². The summed E-state index contributed by atoms with van der Waals surface area (Å²) < 4.78 is 0. The predicted molar refractivity (Wildman–Crippen MR) is 31.4 cm³/mol. The van der Waals surface area contributed by atoms with Crippen LogP contribution in [0.3, 0.4) is 0 Å². The van der Waals surface area contributed by atoms with Gasteiger partial charge in [-0.1, -0.05) is 0 Å². The van der Waals surface area contributed by atoms with Gasteiger partial charge in [-0.15, -0.1) is 11.6 Å². The highest BCUT2D eigenvalue weighted by atomic mass is 35.5. The monoisotopic (exact) mass is 130 g/mol. The maximum atomic E-state index is 8.36. The molecule has 0 heterocycles. The highest BCUT2D eigenvalue weighted by Crippen LogP contribution is 2.33. The SMILES string of the molecule is N#CC1(N)CCC1Cl. The molecule has 0 saturated heterocycles. The van der Waals surface area contributed by atoms with E-state index in [9.17, 15) is 0 Å². The van der Waals surface area contributed by atoms with E-state index < -0.39 is 5.54 Å². The fourth-order valence-electron chi connectivity index (χ4n) is 0.690. The van der Waals surface area contributed by atoms with Crippen LogP contribution in [0, 0.1) is 11.3 Å². The quantitative estimate of drug-likeness (QED) is 0.489. The summed E-state index contributed by atoms with van der Waals surface area (Å²) in [5.41, 5.74) is 4.75. The summed E-state index contributed by atoms with van der Waals surface area (Å²) in [5, 5.41) is 8.24. The highest BCUT2D eigenvalue weighted by Gasteiger charge is 2.42. The topological polar surface area (TPSA) is 49.8 Å². The van der Waals surface area contributed by atoms with E-state index in [-0.39, 0.29) is 5.38 Å². The number of hydrogen-bond donors (Lipinski definition) is 1. The van der Waals surface area contributed by atoms with Gasteiger partial charge in [0.25, 0.3) is 0 Å². The molecule has 2 N–H and O–H groups in total. The summed E-state index contributed by atoms with van der Waals surface area (Å²) in [4.78, 5) is 0. The summed E-state index contributed by atoms with van der Waals surface area (Å²) in [6.45, 7) is 0. The lowest BCUT2D eigenvalue weighted by atomic mass is 9.78. The molecule has 0 aliphatic heterocycles. The van der Waals surface area contributed by atoms with E-state index in [4.69, 9.17) is 22.6 Å². The van der Waals surface area contributed by atoms with Crippen molar-refractivity contribution in [1.82, 2.24) is 0 Å². The lowest BCUT2D eigenvalue weighted by molar-refractivity contribution is 0.336. The first kappa shape index (κ1) is 5.87. The van der Waals surface area contributed by atoms with Crippen molar-refractivity contribution in [3.8, 4) is 6.07 Å². The van der Waals surface area contributed by atoms with Gasteiger partial charge in [0, 0.05) is 0 Å². The van der Waals surface area contributed by atoms with Crippen molar-refractivity contribution in [2.24, 2.45) is 5.73 Å². The fourth-order valence-corrected chi connectivity index (χ4v) is 0.957. The van der Waals surface area contributed by atoms with E-state index in [1.807, 2.05) is 6.07 Å². The molecule has 8 heavy (non-hydrogen) atoms. The molecule has 0 radical (unpaired) electrons. The number of nitrogens with zero attached hydrogens (tertiary/aromatic N) is 1. The van der Waals surface area contributed by atoms with Gasteiger partial charge in [0.1, 0.15) is 5.54 Å². The standard InChI is InChI=1S/C5H7ClN2/c6-4-1-2-5(4,8)3-7/h4H,1-2,8H2. The van der Waals surface area contributed by atoms with Crippen molar-refractivity contribution in [2.75, 3.05) is 0 Å².